The molecule has 138 valence electrons. The smallest absolute Gasteiger partial charge is 0.335 e. The van der Waals surface area contributed by atoms with Crippen LogP contribution in [-0.2, 0) is 14.9 Å². The first-order chi connectivity index (χ1) is 14.2. The van der Waals surface area contributed by atoms with E-state index in [0.29, 0.717) is 11.1 Å². The molecule has 2 aliphatic heterocycles. The molecular formula is C24H15N3O2. The number of carbonyl (C=O) groups excluding carboxylic acids is 1. The summed E-state index contributed by atoms with van der Waals surface area (Å²) in [5.74, 6) is -0.470. The molecule has 3 aliphatic rings. The first kappa shape index (κ1) is 17.0. The molecule has 1 spiro atoms. The molecular weight excluding hydrogens is 362 g/mol. The van der Waals surface area contributed by atoms with E-state index in [-0.39, 0.29) is 5.70 Å². The number of hydrogen-bond acceptors (Lipinski definition) is 5. The largest absolute Gasteiger partial charge is 0.466 e. The number of rotatable bonds is 1. The van der Waals surface area contributed by atoms with Gasteiger partial charge in [-0.2, -0.15) is 10.5 Å². The maximum absolute atomic E-state index is 12.7. The lowest BCUT2D eigenvalue weighted by Gasteiger charge is -2.39. The third-order valence-electron chi connectivity index (χ3n) is 6.03. The second-order valence-corrected chi connectivity index (χ2v) is 7.11. The third kappa shape index (κ3) is 1.89. The fraction of sp³-hybridized carbons (Fsp3) is 0.125. The Morgan fingerprint density at radius 2 is 1.66 bits per heavy atom. The Hall–Kier alpha value is -4.09. The highest BCUT2D eigenvalue weighted by Crippen LogP contribution is 2.61. The molecule has 0 amide bonds. The monoisotopic (exact) mass is 377 g/mol. The lowest BCUT2D eigenvalue weighted by molar-refractivity contribution is -0.136. The number of carbonyl (C=O) groups is 1. The molecule has 0 saturated carbocycles. The third-order valence-corrected chi connectivity index (χ3v) is 6.03. The lowest BCUT2D eigenvalue weighted by Crippen LogP contribution is -2.47. The number of benzene rings is 2. The molecule has 1 aliphatic carbocycles. The number of esters is 1. The molecule has 0 N–H and O–H groups in total. The summed E-state index contributed by atoms with van der Waals surface area (Å²) in [7, 11) is 1.34. The van der Waals surface area contributed by atoms with Crippen molar-refractivity contribution in [2.24, 2.45) is 0 Å². The maximum Gasteiger partial charge on any atom is 0.335 e. The standard InChI is InChI=1S/C24H15N3O2/c1-29-23(28)17-9-6-12-27-21(14-26)20(13-25)24(22(17)27)18-10-4-2-7-15(18)16-8-3-5-11-19(16)24/h2-12,22H,1H3. The van der Waals surface area contributed by atoms with Gasteiger partial charge in [-0.05, 0) is 34.4 Å². The highest BCUT2D eigenvalue weighted by Gasteiger charge is 2.61. The zero-order valence-electron chi connectivity index (χ0n) is 15.6. The van der Waals surface area contributed by atoms with Crippen LogP contribution < -0.4 is 0 Å². The van der Waals surface area contributed by atoms with Crippen LogP contribution in [0.2, 0.25) is 0 Å². The van der Waals surface area contributed by atoms with Crippen molar-refractivity contribution in [2.45, 2.75) is 11.5 Å². The van der Waals surface area contributed by atoms with Gasteiger partial charge in [0.15, 0.2) is 0 Å². The Bertz CT molecular complexity index is 1210. The van der Waals surface area contributed by atoms with Crippen LogP contribution in [0, 0.1) is 22.7 Å². The maximum atomic E-state index is 12.7. The quantitative estimate of drug-likeness (QED) is 0.710. The molecule has 1 atom stereocenters. The molecule has 5 nitrogen and oxygen atoms in total. The zero-order chi connectivity index (χ0) is 20.2. The van der Waals surface area contributed by atoms with Gasteiger partial charge >= 0.3 is 5.97 Å². The van der Waals surface area contributed by atoms with Crippen molar-refractivity contribution in [2.75, 3.05) is 7.11 Å². The zero-order valence-corrected chi connectivity index (χ0v) is 15.6. The van der Waals surface area contributed by atoms with Gasteiger partial charge in [-0.15, -0.1) is 0 Å². The molecule has 0 saturated heterocycles. The minimum Gasteiger partial charge on any atom is -0.466 e. The Kier molecular flexibility index (Phi) is 3.50. The summed E-state index contributed by atoms with van der Waals surface area (Å²) in [4.78, 5) is 14.5. The minimum absolute atomic E-state index is 0.259. The van der Waals surface area contributed by atoms with E-state index in [2.05, 4.69) is 12.1 Å². The Morgan fingerprint density at radius 1 is 1.03 bits per heavy atom. The molecule has 5 heteroatoms. The van der Waals surface area contributed by atoms with E-state index in [1.807, 2.05) is 48.5 Å². The predicted molar refractivity (Wildman–Crippen MR) is 106 cm³/mol. The normalized spacial score (nSPS) is 19.8. The van der Waals surface area contributed by atoms with Crippen LogP contribution in [0.4, 0.5) is 0 Å². The van der Waals surface area contributed by atoms with Crippen LogP contribution in [0.15, 0.2) is 83.7 Å². The van der Waals surface area contributed by atoms with Gasteiger partial charge in [-0.1, -0.05) is 48.5 Å². The van der Waals surface area contributed by atoms with Gasteiger partial charge < -0.3 is 9.64 Å². The van der Waals surface area contributed by atoms with Gasteiger partial charge in [0, 0.05) is 6.20 Å². The average Bonchev–Trinajstić information content (AvgIpc) is 3.24. The Labute approximate surface area is 168 Å². The summed E-state index contributed by atoms with van der Waals surface area (Å²) in [5, 5.41) is 20.2. The summed E-state index contributed by atoms with van der Waals surface area (Å²) in [6.07, 6.45) is 5.18. The van der Waals surface area contributed by atoms with Gasteiger partial charge in [0.25, 0.3) is 0 Å². The molecule has 0 fully saturated rings. The first-order valence-electron chi connectivity index (χ1n) is 9.19. The van der Waals surface area contributed by atoms with Crippen molar-refractivity contribution in [3.8, 4) is 23.3 Å². The van der Waals surface area contributed by atoms with E-state index in [9.17, 15) is 15.3 Å². The van der Waals surface area contributed by atoms with Crippen LogP contribution in [0.3, 0.4) is 0 Å². The van der Waals surface area contributed by atoms with Gasteiger partial charge in [0.2, 0.25) is 0 Å². The van der Waals surface area contributed by atoms with E-state index >= 15 is 0 Å². The second-order valence-electron chi connectivity index (χ2n) is 7.11. The Balaban J connectivity index is 1.95. The number of ether oxygens (including phenoxy) is 1. The van der Waals surface area contributed by atoms with Crippen LogP contribution in [0.25, 0.3) is 11.1 Å². The van der Waals surface area contributed by atoms with Crippen LogP contribution >= 0.6 is 0 Å². The Morgan fingerprint density at radius 3 is 2.21 bits per heavy atom. The highest BCUT2D eigenvalue weighted by atomic mass is 16.5. The second kappa shape index (κ2) is 5.95. The number of fused-ring (bicyclic) bond motifs is 7. The van der Waals surface area contributed by atoms with Crippen LogP contribution in [0.5, 0.6) is 0 Å². The number of nitrogens with zero attached hydrogens (tertiary/aromatic N) is 3. The number of nitriles is 2. The number of allylic oxidation sites excluding steroid dienone is 3. The number of methoxy groups -OCH3 is 1. The van der Waals surface area contributed by atoms with E-state index in [0.717, 1.165) is 22.3 Å². The van der Waals surface area contributed by atoms with Crippen LogP contribution in [0.1, 0.15) is 11.1 Å². The molecule has 2 heterocycles. The molecule has 29 heavy (non-hydrogen) atoms. The molecule has 0 radical (unpaired) electrons. The minimum atomic E-state index is -0.961. The summed E-state index contributed by atoms with van der Waals surface area (Å²) in [6.45, 7) is 0. The SMILES string of the molecule is COC(=O)C1=CC=CN2C(C#N)=C(C#N)C3(c4ccccc4-c4ccccc43)C12. The van der Waals surface area contributed by atoms with Gasteiger partial charge in [-0.3, -0.25) is 0 Å². The van der Waals surface area contributed by atoms with E-state index < -0.39 is 17.4 Å². The number of hydrogen-bond donors (Lipinski definition) is 0. The molecule has 1 unspecified atom stereocenters. The molecule has 2 aromatic carbocycles. The molecule has 2 aromatic rings. The summed E-state index contributed by atoms with van der Waals surface area (Å²) >= 11 is 0. The van der Waals surface area contributed by atoms with E-state index in [1.165, 1.54) is 7.11 Å². The molecule has 5 rings (SSSR count). The fourth-order valence-corrected chi connectivity index (χ4v) is 5.05. The van der Waals surface area contributed by atoms with Crippen molar-refractivity contribution in [1.82, 2.24) is 4.90 Å². The van der Waals surface area contributed by atoms with Crippen LogP contribution in [-0.4, -0.2) is 24.0 Å². The molecule has 0 aromatic heterocycles. The van der Waals surface area contributed by atoms with Crippen molar-refractivity contribution >= 4 is 5.97 Å². The van der Waals surface area contributed by atoms with E-state index in [4.69, 9.17) is 4.74 Å². The van der Waals surface area contributed by atoms with Crippen molar-refractivity contribution in [1.29, 1.82) is 10.5 Å². The average molecular weight is 377 g/mol. The lowest BCUT2D eigenvalue weighted by atomic mass is 9.66. The summed E-state index contributed by atoms with van der Waals surface area (Å²) < 4.78 is 5.06. The van der Waals surface area contributed by atoms with Crippen molar-refractivity contribution in [3.05, 3.63) is 94.9 Å². The summed E-state index contributed by atoms with van der Waals surface area (Å²) in [6, 6.07) is 19.7. The summed E-state index contributed by atoms with van der Waals surface area (Å²) in [5.41, 5.74) is 3.92. The first-order valence-corrected chi connectivity index (χ1v) is 9.19. The van der Waals surface area contributed by atoms with Gasteiger partial charge in [-0.25, -0.2) is 4.79 Å². The molecule has 0 bridgehead atoms. The fourth-order valence-electron chi connectivity index (χ4n) is 5.05. The van der Waals surface area contributed by atoms with Gasteiger partial charge in [0.1, 0.15) is 11.8 Å². The van der Waals surface area contributed by atoms with E-state index in [1.54, 1.807) is 23.3 Å². The van der Waals surface area contributed by atoms with Crippen molar-refractivity contribution < 1.29 is 9.53 Å². The predicted octanol–water partition coefficient (Wildman–Crippen LogP) is 3.57. The highest BCUT2D eigenvalue weighted by molar-refractivity contribution is 5.95. The topological polar surface area (TPSA) is 77.1 Å². The van der Waals surface area contributed by atoms with Crippen molar-refractivity contribution in [3.63, 3.8) is 0 Å². The van der Waals surface area contributed by atoms with Gasteiger partial charge in [0.05, 0.1) is 35.8 Å².